The number of Topliss-reactive ketones (excluding diaryl/α,β-unsaturated/α-hetero) is 1. The Kier molecular flexibility index (Phi) is 6.22. The fourth-order valence-corrected chi connectivity index (χ4v) is 3.68. The predicted octanol–water partition coefficient (Wildman–Crippen LogP) is 4.56. The number of rotatable bonds is 3. The number of hydrogen-bond acceptors (Lipinski definition) is 3. The van der Waals surface area contributed by atoms with Crippen molar-refractivity contribution >= 4 is 11.4 Å². The molecular weight excluding hydrogens is 300 g/mol. The third-order valence-corrected chi connectivity index (χ3v) is 5.34. The molecule has 0 bridgehead atoms. The zero-order valence-corrected chi connectivity index (χ0v) is 15.4. The number of hydrogen-bond donors (Lipinski definition) is 1. The van der Waals surface area contributed by atoms with E-state index in [1.165, 1.54) is 16.7 Å². The van der Waals surface area contributed by atoms with Gasteiger partial charge in [0.15, 0.2) is 0 Å². The second-order valence-electron chi connectivity index (χ2n) is 6.71. The van der Waals surface area contributed by atoms with Gasteiger partial charge < -0.3 is 9.84 Å². The van der Waals surface area contributed by atoms with Crippen LogP contribution in [0.15, 0.2) is 24.3 Å². The molecule has 24 heavy (non-hydrogen) atoms. The number of aliphatic hydroxyl groups is 1. The van der Waals surface area contributed by atoms with Gasteiger partial charge in [0.2, 0.25) is 0 Å². The maximum atomic E-state index is 12.1. The molecule has 132 valence electrons. The first-order valence-corrected chi connectivity index (χ1v) is 9.12. The van der Waals surface area contributed by atoms with Crippen molar-refractivity contribution in [2.75, 3.05) is 7.11 Å². The number of allylic oxidation sites excluding steroid dienone is 2. The lowest BCUT2D eigenvalue weighted by Crippen LogP contribution is -2.32. The van der Waals surface area contributed by atoms with Crippen molar-refractivity contribution in [2.24, 2.45) is 5.41 Å². The molecule has 1 N–H and O–H groups in total. The summed E-state index contributed by atoms with van der Waals surface area (Å²) in [6.45, 7) is 5.90. The Morgan fingerprint density at radius 1 is 1.29 bits per heavy atom. The topological polar surface area (TPSA) is 46.5 Å². The van der Waals surface area contributed by atoms with Crippen LogP contribution in [-0.2, 0) is 11.2 Å². The van der Waals surface area contributed by atoms with Gasteiger partial charge in [-0.15, -0.1) is 0 Å². The molecule has 0 aliphatic heterocycles. The summed E-state index contributed by atoms with van der Waals surface area (Å²) in [6.07, 6.45) is 6.66. The van der Waals surface area contributed by atoms with E-state index < -0.39 is 11.5 Å². The highest BCUT2D eigenvalue weighted by molar-refractivity contribution is 5.88. The van der Waals surface area contributed by atoms with E-state index in [-0.39, 0.29) is 5.78 Å². The Bertz CT molecular complexity index is 618. The molecule has 3 rings (SSSR count). The molecule has 0 saturated heterocycles. The fraction of sp³-hybridized carbons (Fsp3) is 0.571. The molecule has 0 spiro atoms. The Hall–Kier alpha value is -1.61. The summed E-state index contributed by atoms with van der Waals surface area (Å²) in [5, 5.41) is 10.1. The molecule has 1 saturated carbocycles. The zero-order chi connectivity index (χ0) is 17.7. The average Bonchev–Trinajstić information content (AvgIpc) is 2.88. The lowest BCUT2D eigenvalue weighted by Gasteiger charge is -2.26. The van der Waals surface area contributed by atoms with Crippen molar-refractivity contribution in [2.45, 2.75) is 65.4 Å². The van der Waals surface area contributed by atoms with E-state index in [0.717, 1.165) is 25.0 Å². The van der Waals surface area contributed by atoms with Gasteiger partial charge in [0.1, 0.15) is 11.5 Å². The number of aryl methyl sites for hydroxylation is 1. The fourth-order valence-electron chi connectivity index (χ4n) is 3.68. The summed E-state index contributed by atoms with van der Waals surface area (Å²) in [7, 11) is 1.69. The minimum absolute atomic E-state index is 0.197. The lowest BCUT2D eigenvalue weighted by atomic mass is 9.79. The van der Waals surface area contributed by atoms with Gasteiger partial charge in [0.25, 0.3) is 0 Å². The van der Waals surface area contributed by atoms with Crippen LogP contribution in [-0.4, -0.2) is 24.1 Å². The monoisotopic (exact) mass is 330 g/mol. The average molecular weight is 330 g/mol. The Morgan fingerprint density at radius 2 is 2.04 bits per heavy atom. The number of fused-ring (bicyclic) bond motifs is 1. The van der Waals surface area contributed by atoms with E-state index in [2.05, 4.69) is 18.2 Å². The largest absolute Gasteiger partial charge is 0.497 e. The summed E-state index contributed by atoms with van der Waals surface area (Å²) >= 11 is 0. The third-order valence-electron chi connectivity index (χ3n) is 5.34. The Morgan fingerprint density at radius 3 is 2.67 bits per heavy atom. The van der Waals surface area contributed by atoms with E-state index >= 15 is 0 Å². The van der Waals surface area contributed by atoms with E-state index in [0.29, 0.717) is 19.3 Å². The van der Waals surface area contributed by atoms with Crippen molar-refractivity contribution in [1.82, 2.24) is 0 Å². The van der Waals surface area contributed by atoms with Crippen LogP contribution in [0, 0.1) is 5.41 Å². The van der Waals surface area contributed by atoms with Crippen LogP contribution in [0.25, 0.3) is 5.57 Å². The maximum absolute atomic E-state index is 12.1. The van der Waals surface area contributed by atoms with Crippen LogP contribution in [0.1, 0.15) is 64.0 Å². The van der Waals surface area contributed by atoms with Gasteiger partial charge in [0, 0.05) is 6.42 Å². The van der Waals surface area contributed by atoms with Gasteiger partial charge in [-0.25, -0.2) is 0 Å². The van der Waals surface area contributed by atoms with E-state index in [1.807, 2.05) is 26.8 Å². The second kappa shape index (κ2) is 7.98. The van der Waals surface area contributed by atoms with Crippen molar-refractivity contribution in [1.29, 1.82) is 0 Å². The first-order chi connectivity index (χ1) is 11.5. The van der Waals surface area contributed by atoms with Crippen LogP contribution in [0.5, 0.6) is 5.75 Å². The number of methoxy groups -OCH3 is 1. The summed E-state index contributed by atoms with van der Waals surface area (Å²) in [5.74, 6) is 1.09. The number of aliphatic hydroxyl groups excluding tert-OH is 1. The summed E-state index contributed by atoms with van der Waals surface area (Å²) in [6, 6.07) is 6.23. The highest BCUT2D eigenvalue weighted by Gasteiger charge is 2.44. The Balaban J connectivity index is 0.00000100. The molecule has 0 amide bonds. The van der Waals surface area contributed by atoms with Crippen molar-refractivity contribution in [3.05, 3.63) is 35.4 Å². The van der Waals surface area contributed by atoms with Crippen LogP contribution in [0.2, 0.25) is 0 Å². The van der Waals surface area contributed by atoms with Crippen LogP contribution < -0.4 is 4.74 Å². The molecule has 1 aromatic carbocycles. The normalized spacial score (nSPS) is 27.5. The maximum Gasteiger partial charge on any atom is 0.141 e. The molecular formula is C21H30O3. The minimum atomic E-state index is -0.600. The highest BCUT2D eigenvalue weighted by atomic mass is 16.5. The Labute approximate surface area is 145 Å². The quantitative estimate of drug-likeness (QED) is 0.883. The number of carbonyl (C=O) groups excluding carboxylic acids is 1. The molecule has 0 radical (unpaired) electrons. The van der Waals surface area contributed by atoms with Crippen molar-refractivity contribution in [3.63, 3.8) is 0 Å². The van der Waals surface area contributed by atoms with Crippen molar-refractivity contribution in [3.8, 4) is 5.75 Å². The molecule has 0 aromatic heterocycles. The SMILES string of the molecule is CC.COc1ccc2c(c1)CCC/C2=C\CC1(C)C(=O)CCC1O. The first kappa shape index (κ1) is 18.7. The molecule has 1 aromatic rings. The number of benzene rings is 1. The number of ether oxygens (including phenoxy) is 1. The lowest BCUT2D eigenvalue weighted by molar-refractivity contribution is -0.127. The molecule has 2 aliphatic rings. The van der Waals surface area contributed by atoms with Gasteiger partial charge in [-0.1, -0.05) is 26.0 Å². The van der Waals surface area contributed by atoms with Crippen LogP contribution >= 0.6 is 0 Å². The molecule has 3 heteroatoms. The molecule has 2 atom stereocenters. The van der Waals surface area contributed by atoms with Crippen LogP contribution in [0.4, 0.5) is 0 Å². The summed E-state index contributed by atoms with van der Waals surface area (Å²) in [5.41, 5.74) is 3.30. The molecule has 3 nitrogen and oxygen atoms in total. The second-order valence-corrected chi connectivity index (χ2v) is 6.71. The summed E-state index contributed by atoms with van der Waals surface area (Å²) in [4.78, 5) is 12.1. The molecule has 1 fully saturated rings. The number of carbonyl (C=O) groups is 1. The van der Waals surface area contributed by atoms with Gasteiger partial charge in [-0.05, 0) is 67.9 Å². The standard InChI is InChI=1S/C19H24O3.C2H6/c1-19(17(20)8-9-18(19)21)11-10-13-4-3-5-14-12-15(22-2)6-7-16(13)14;1-2/h6-7,10,12,17,20H,3-5,8-9,11H2,1-2H3;1-2H3/b13-10+;. The van der Waals surface area contributed by atoms with E-state index in [9.17, 15) is 9.90 Å². The molecule has 2 unspecified atom stereocenters. The van der Waals surface area contributed by atoms with Gasteiger partial charge >= 0.3 is 0 Å². The zero-order valence-electron chi connectivity index (χ0n) is 15.4. The predicted molar refractivity (Wildman–Crippen MR) is 98.2 cm³/mol. The van der Waals surface area contributed by atoms with Gasteiger partial charge in [0.05, 0.1) is 18.6 Å². The van der Waals surface area contributed by atoms with E-state index in [4.69, 9.17) is 4.74 Å². The first-order valence-electron chi connectivity index (χ1n) is 9.12. The molecule has 2 aliphatic carbocycles. The molecule has 0 heterocycles. The van der Waals surface area contributed by atoms with Gasteiger partial charge in [-0.3, -0.25) is 4.79 Å². The number of ketones is 1. The third kappa shape index (κ3) is 3.56. The minimum Gasteiger partial charge on any atom is -0.497 e. The van der Waals surface area contributed by atoms with Crippen molar-refractivity contribution < 1.29 is 14.6 Å². The smallest absolute Gasteiger partial charge is 0.141 e. The highest BCUT2D eigenvalue weighted by Crippen LogP contribution is 2.40. The van der Waals surface area contributed by atoms with E-state index in [1.54, 1.807) is 7.11 Å². The van der Waals surface area contributed by atoms with Crippen LogP contribution in [0.3, 0.4) is 0 Å². The summed E-state index contributed by atoms with van der Waals surface area (Å²) < 4.78 is 5.30. The van der Waals surface area contributed by atoms with Gasteiger partial charge in [-0.2, -0.15) is 0 Å².